The molecule has 0 aliphatic carbocycles. The summed E-state index contributed by atoms with van der Waals surface area (Å²) in [7, 11) is 1.91. The zero-order valence-electron chi connectivity index (χ0n) is 11.6. The molecule has 1 aromatic carbocycles. The van der Waals surface area contributed by atoms with Crippen molar-refractivity contribution in [3.05, 3.63) is 33.3 Å². The highest BCUT2D eigenvalue weighted by molar-refractivity contribution is 9.10. The van der Waals surface area contributed by atoms with Gasteiger partial charge < -0.3 is 15.5 Å². The van der Waals surface area contributed by atoms with E-state index in [1.54, 1.807) is 0 Å². The van der Waals surface area contributed by atoms with Crippen LogP contribution in [0.4, 0.5) is 0 Å². The van der Waals surface area contributed by atoms with Gasteiger partial charge >= 0.3 is 0 Å². The molecule has 0 aromatic heterocycles. The molecule has 0 heterocycles. The summed E-state index contributed by atoms with van der Waals surface area (Å²) < 4.78 is 0.961. The van der Waals surface area contributed by atoms with Crippen LogP contribution in [0, 0.1) is 0 Å². The number of hydrogen-bond donors (Lipinski definition) is 3. The highest BCUT2D eigenvalue weighted by atomic mass is 79.9. The van der Waals surface area contributed by atoms with Crippen molar-refractivity contribution in [3.8, 4) is 0 Å². The molecule has 0 amide bonds. The van der Waals surface area contributed by atoms with E-state index in [0.29, 0.717) is 13.1 Å². The Morgan fingerprint density at radius 1 is 1.25 bits per heavy atom. The van der Waals surface area contributed by atoms with Crippen LogP contribution in [-0.2, 0) is 0 Å². The Balaban J connectivity index is 2.66. The molecule has 1 rings (SSSR count). The molecule has 6 heteroatoms. The number of hydrogen-bond acceptors (Lipinski definition) is 4. The number of halogens is 2. The summed E-state index contributed by atoms with van der Waals surface area (Å²) in [5.41, 5.74) is 1.06. The minimum absolute atomic E-state index is 0.100. The van der Waals surface area contributed by atoms with Crippen molar-refractivity contribution in [2.24, 2.45) is 0 Å². The van der Waals surface area contributed by atoms with Crippen LogP contribution in [0.15, 0.2) is 22.7 Å². The van der Waals surface area contributed by atoms with Gasteiger partial charge in [-0.25, -0.2) is 0 Å². The fourth-order valence-corrected chi connectivity index (χ4v) is 2.97. The summed E-state index contributed by atoms with van der Waals surface area (Å²) in [5.74, 6) is 0. The van der Waals surface area contributed by atoms with E-state index in [9.17, 15) is 0 Å². The van der Waals surface area contributed by atoms with Gasteiger partial charge in [-0.05, 0) is 31.2 Å². The Hall–Kier alpha value is -0.170. The number of nitrogens with one attached hydrogen (secondary N) is 1. The van der Waals surface area contributed by atoms with Crippen molar-refractivity contribution in [2.45, 2.75) is 12.5 Å². The lowest BCUT2D eigenvalue weighted by Crippen LogP contribution is -2.33. The van der Waals surface area contributed by atoms with Crippen LogP contribution in [0.2, 0.25) is 5.02 Å². The second-order valence-electron chi connectivity index (χ2n) is 4.58. The van der Waals surface area contributed by atoms with Crippen molar-refractivity contribution in [1.82, 2.24) is 10.2 Å². The highest BCUT2D eigenvalue weighted by Crippen LogP contribution is 2.28. The van der Waals surface area contributed by atoms with Gasteiger partial charge in [-0.3, -0.25) is 4.90 Å². The van der Waals surface area contributed by atoms with Crippen molar-refractivity contribution in [3.63, 3.8) is 0 Å². The van der Waals surface area contributed by atoms with Gasteiger partial charge in [0.15, 0.2) is 0 Å². The molecule has 4 nitrogen and oxygen atoms in total. The first-order valence-corrected chi connectivity index (χ1v) is 7.85. The highest BCUT2D eigenvalue weighted by Gasteiger charge is 2.14. The minimum Gasteiger partial charge on any atom is -0.395 e. The van der Waals surface area contributed by atoms with Gasteiger partial charge in [0, 0.05) is 35.2 Å². The predicted molar refractivity (Wildman–Crippen MR) is 86.2 cm³/mol. The van der Waals surface area contributed by atoms with Crippen LogP contribution in [0.3, 0.4) is 0 Å². The number of aliphatic hydroxyl groups is 2. The van der Waals surface area contributed by atoms with E-state index < -0.39 is 0 Å². The fourth-order valence-electron chi connectivity index (χ4n) is 2.17. The van der Waals surface area contributed by atoms with Crippen LogP contribution in [0.25, 0.3) is 0 Å². The Bertz CT molecular complexity index is 401. The molecule has 20 heavy (non-hydrogen) atoms. The quantitative estimate of drug-likeness (QED) is 0.627. The zero-order chi connectivity index (χ0) is 15.0. The Morgan fingerprint density at radius 2 is 1.90 bits per heavy atom. The maximum Gasteiger partial charge on any atom is 0.0558 e. The van der Waals surface area contributed by atoms with Crippen molar-refractivity contribution in [1.29, 1.82) is 0 Å². The molecule has 0 aliphatic heterocycles. The van der Waals surface area contributed by atoms with Crippen LogP contribution in [-0.4, -0.2) is 55.0 Å². The molecule has 0 fully saturated rings. The third-order valence-corrected chi connectivity index (χ3v) is 4.07. The van der Waals surface area contributed by atoms with Crippen LogP contribution >= 0.6 is 27.5 Å². The summed E-state index contributed by atoms with van der Waals surface area (Å²) in [6.07, 6.45) is 0.859. The molecular formula is C14H22BrClN2O2. The molecular weight excluding hydrogens is 344 g/mol. The second-order valence-corrected chi connectivity index (χ2v) is 5.91. The summed E-state index contributed by atoms with van der Waals surface area (Å²) in [5, 5.41) is 22.0. The Morgan fingerprint density at radius 3 is 2.40 bits per heavy atom. The van der Waals surface area contributed by atoms with Gasteiger partial charge in [-0.2, -0.15) is 0 Å². The number of nitrogens with zero attached hydrogens (tertiary/aromatic N) is 1. The summed E-state index contributed by atoms with van der Waals surface area (Å²) in [6, 6.07) is 6.02. The van der Waals surface area contributed by atoms with Gasteiger partial charge in [0.05, 0.1) is 13.2 Å². The van der Waals surface area contributed by atoms with Crippen LogP contribution < -0.4 is 5.32 Å². The topological polar surface area (TPSA) is 55.7 Å². The minimum atomic E-state index is 0.100. The third-order valence-electron chi connectivity index (χ3n) is 3.25. The first kappa shape index (κ1) is 17.9. The van der Waals surface area contributed by atoms with Gasteiger partial charge in [0.2, 0.25) is 0 Å². The fraction of sp³-hybridized carbons (Fsp3) is 0.571. The van der Waals surface area contributed by atoms with Gasteiger partial charge in [-0.15, -0.1) is 0 Å². The average Bonchev–Trinajstić information content (AvgIpc) is 2.41. The summed E-state index contributed by atoms with van der Waals surface area (Å²) >= 11 is 9.68. The third kappa shape index (κ3) is 5.68. The smallest absolute Gasteiger partial charge is 0.0558 e. The zero-order valence-corrected chi connectivity index (χ0v) is 14.0. The first-order valence-electron chi connectivity index (χ1n) is 6.68. The Labute approximate surface area is 133 Å². The first-order chi connectivity index (χ1) is 9.62. The van der Waals surface area contributed by atoms with E-state index in [0.717, 1.165) is 28.0 Å². The molecule has 0 saturated carbocycles. The molecule has 1 atom stereocenters. The molecule has 0 spiro atoms. The van der Waals surface area contributed by atoms with E-state index in [4.69, 9.17) is 21.8 Å². The van der Waals surface area contributed by atoms with Gasteiger partial charge in [-0.1, -0.05) is 33.6 Å². The van der Waals surface area contributed by atoms with Gasteiger partial charge in [0.25, 0.3) is 0 Å². The average molecular weight is 366 g/mol. The van der Waals surface area contributed by atoms with Gasteiger partial charge in [0.1, 0.15) is 0 Å². The SMILES string of the molecule is CNC(CCN(CCO)CCO)c1ccc(Br)cc1Cl. The molecule has 0 bridgehead atoms. The number of rotatable bonds is 9. The summed E-state index contributed by atoms with van der Waals surface area (Å²) in [6.45, 7) is 2.14. The predicted octanol–water partition coefficient (Wildman–Crippen LogP) is 2.04. The maximum absolute atomic E-state index is 9.01. The van der Waals surface area contributed by atoms with Crippen molar-refractivity contribution in [2.75, 3.05) is 39.9 Å². The lowest BCUT2D eigenvalue weighted by atomic mass is 10.0. The Kier molecular flexibility index (Phi) is 8.68. The molecule has 3 N–H and O–H groups in total. The van der Waals surface area contributed by atoms with Crippen molar-refractivity contribution >= 4 is 27.5 Å². The van der Waals surface area contributed by atoms with E-state index >= 15 is 0 Å². The van der Waals surface area contributed by atoms with E-state index in [-0.39, 0.29) is 19.3 Å². The largest absolute Gasteiger partial charge is 0.395 e. The monoisotopic (exact) mass is 364 g/mol. The molecule has 0 saturated heterocycles. The lowest BCUT2D eigenvalue weighted by Gasteiger charge is -2.24. The van der Waals surface area contributed by atoms with E-state index in [1.807, 2.05) is 30.1 Å². The van der Waals surface area contributed by atoms with E-state index in [2.05, 4.69) is 21.2 Å². The molecule has 1 aromatic rings. The van der Waals surface area contributed by atoms with Crippen LogP contribution in [0.1, 0.15) is 18.0 Å². The van der Waals surface area contributed by atoms with E-state index in [1.165, 1.54) is 0 Å². The molecule has 114 valence electrons. The second kappa shape index (κ2) is 9.71. The summed E-state index contributed by atoms with van der Waals surface area (Å²) in [4.78, 5) is 2.04. The molecule has 0 radical (unpaired) electrons. The van der Waals surface area contributed by atoms with Crippen molar-refractivity contribution < 1.29 is 10.2 Å². The maximum atomic E-state index is 9.01. The standard InChI is InChI=1S/C14H22BrClN2O2/c1-17-14(4-5-18(6-8-19)7-9-20)12-3-2-11(15)10-13(12)16/h2-3,10,14,17,19-20H,4-9H2,1H3. The van der Waals surface area contributed by atoms with Crippen LogP contribution in [0.5, 0.6) is 0 Å². The molecule has 1 unspecified atom stereocenters. The number of aliphatic hydroxyl groups excluding tert-OH is 2. The molecule has 0 aliphatic rings. The number of benzene rings is 1. The lowest BCUT2D eigenvalue weighted by molar-refractivity contribution is 0.156. The normalized spacial score (nSPS) is 12.9.